The molecule has 1 aromatic carbocycles. The lowest BCUT2D eigenvalue weighted by Crippen LogP contribution is -2.23. The second-order valence-corrected chi connectivity index (χ2v) is 4.64. The molecule has 1 rings (SSSR count). The Kier molecular flexibility index (Phi) is 6.69. The number of ether oxygens (including phenoxy) is 1. The number of rotatable bonds is 7. The molecular formula is C13H20BrNO. The lowest BCUT2D eigenvalue weighted by Gasteiger charge is -2.18. The Morgan fingerprint density at radius 3 is 2.75 bits per heavy atom. The Hall–Kier alpha value is -0.380. The first kappa shape index (κ1) is 13.7. The van der Waals surface area contributed by atoms with Crippen molar-refractivity contribution in [3.05, 3.63) is 34.3 Å². The minimum absolute atomic E-state index is 0.424. The number of hydrogen-bond acceptors (Lipinski definition) is 2. The van der Waals surface area contributed by atoms with Crippen LogP contribution < -0.4 is 5.32 Å². The van der Waals surface area contributed by atoms with Crippen LogP contribution in [0, 0.1) is 0 Å². The van der Waals surface area contributed by atoms with Gasteiger partial charge in [-0.2, -0.15) is 0 Å². The monoisotopic (exact) mass is 285 g/mol. The normalized spacial score (nSPS) is 12.7. The molecule has 1 unspecified atom stereocenters. The van der Waals surface area contributed by atoms with Crippen molar-refractivity contribution in [2.75, 3.05) is 20.3 Å². The number of halogens is 1. The van der Waals surface area contributed by atoms with Crippen LogP contribution in [0.25, 0.3) is 0 Å². The van der Waals surface area contributed by atoms with E-state index in [0.717, 1.165) is 26.0 Å². The van der Waals surface area contributed by atoms with E-state index in [-0.39, 0.29) is 0 Å². The third-order valence-electron chi connectivity index (χ3n) is 2.60. The number of hydrogen-bond donors (Lipinski definition) is 1. The van der Waals surface area contributed by atoms with Gasteiger partial charge >= 0.3 is 0 Å². The standard InChI is InChI=1S/C13H20BrNO/c1-3-13(15-9-6-10-16-2)11-7-4-5-8-12(11)14/h4-5,7-8,13,15H,3,6,9-10H2,1-2H3. The van der Waals surface area contributed by atoms with Crippen molar-refractivity contribution in [1.82, 2.24) is 5.32 Å². The third-order valence-corrected chi connectivity index (χ3v) is 3.33. The van der Waals surface area contributed by atoms with Gasteiger partial charge in [-0.3, -0.25) is 0 Å². The first-order valence-electron chi connectivity index (χ1n) is 5.76. The summed E-state index contributed by atoms with van der Waals surface area (Å²) in [6.45, 7) is 4.01. The Morgan fingerprint density at radius 1 is 1.38 bits per heavy atom. The second kappa shape index (κ2) is 7.82. The van der Waals surface area contributed by atoms with Crippen LogP contribution in [0.1, 0.15) is 31.4 Å². The minimum Gasteiger partial charge on any atom is -0.385 e. The van der Waals surface area contributed by atoms with E-state index in [1.807, 2.05) is 6.07 Å². The average Bonchev–Trinajstić information content (AvgIpc) is 2.31. The maximum Gasteiger partial charge on any atom is 0.0474 e. The number of methoxy groups -OCH3 is 1. The number of nitrogens with one attached hydrogen (secondary N) is 1. The molecule has 0 aliphatic rings. The van der Waals surface area contributed by atoms with Crippen LogP contribution in [0.2, 0.25) is 0 Å². The molecule has 0 fully saturated rings. The minimum atomic E-state index is 0.424. The Balaban J connectivity index is 2.51. The topological polar surface area (TPSA) is 21.3 Å². The van der Waals surface area contributed by atoms with Crippen LogP contribution in [0.4, 0.5) is 0 Å². The van der Waals surface area contributed by atoms with Crippen LogP contribution in [0.5, 0.6) is 0 Å². The van der Waals surface area contributed by atoms with E-state index in [0.29, 0.717) is 6.04 Å². The van der Waals surface area contributed by atoms with E-state index >= 15 is 0 Å². The molecule has 0 amide bonds. The zero-order valence-corrected chi connectivity index (χ0v) is 11.6. The highest BCUT2D eigenvalue weighted by atomic mass is 79.9. The zero-order valence-electron chi connectivity index (χ0n) is 10.0. The highest BCUT2D eigenvalue weighted by Gasteiger charge is 2.10. The molecule has 0 bridgehead atoms. The molecule has 0 aliphatic heterocycles. The molecule has 16 heavy (non-hydrogen) atoms. The molecule has 2 nitrogen and oxygen atoms in total. The van der Waals surface area contributed by atoms with Crippen molar-refractivity contribution in [2.24, 2.45) is 0 Å². The van der Waals surface area contributed by atoms with Crippen molar-refractivity contribution in [1.29, 1.82) is 0 Å². The Morgan fingerprint density at radius 2 is 2.12 bits per heavy atom. The predicted octanol–water partition coefficient (Wildman–Crippen LogP) is 3.53. The quantitative estimate of drug-likeness (QED) is 0.774. The van der Waals surface area contributed by atoms with Gasteiger partial charge in [-0.05, 0) is 31.0 Å². The summed E-state index contributed by atoms with van der Waals surface area (Å²) in [5, 5.41) is 3.55. The average molecular weight is 286 g/mol. The van der Waals surface area contributed by atoms with Crippen molar-refractivity contribution in [2.45, 2.75) is 25.8 Å². The largest absolute Gasteiger partial charge is 0.385 e. The van der Waals surface area contributed by atoms with Gasteiger partial charge in [-0.15, -0.1) is 0 Å². The maximum atomic E-state index is 5.04. The van der Waals surface area contributed by atoms with Gasteiger partial charge in [-0.1, -0.05) is 41.1 Å². The fraction of sp³-hybridized carbons (Fsp3) is 0.538. The summed E-state index contributed by atoms with van der Waals surface area (Å²) in [4.78, 5) is 0. The van der Waals surface area contributed by atoms with E-state index in [4.69, 9.17) is 4.74 Å². The van der Waals surface area contributed by atoms with Gasteiger partial charge in [0.2, 0.25) is 0 Å². The van der Waals surface area contributed by atoms with Gasteiger partial charge in [0, 0.05) is 24.2 Å². The van der Waals surface area contributed by atoms with Crippen LogP contribution in [0.15, 0.2) is 28.7 Å². The summed E-state index contributed by atoms with van der Waals surface area (Å²) in [6.07, 6.45) is 2.15. The first-order chi connectivity index (χ1) is 7.79. The zero-order chi connectivity index (χ0) is 11.8. The van der Waals surface area contributed by atoms with Crippen LogP contribution in [0.3, 0.4) is 0 Å². The third kappa shape index (κ3) is 4.24. The molecule has 1 aromatic rings. The van der Waals surface area contributed by atoms with Crippen molar-refractivity contribution in [3.63, 3.8) is 0 Å². The lowest BCUT2D eigenvalue weighted by atomic mass is 10.0. The Bertz CT molecular complexity index is 304. The summed E-state index contributed by atoms with van der Waals surface area (Å²) in [5.74, 6) is 0. The van der Waals surface area contributed by atoms with Crippen LogP contribution >= 0.6 is 15.9 Å². The molecule has 0 spiro atoms. The molecular weight excluding hydrogens is 266 g/mol. The van der Waals surface area contributed by atoms with E-state index in [9.17, 15) is 0 Å². The molecule has 3 heteroatoms. The van der Waals surface area contributed by atoms with Gasteiger partial charge < -0.3 is 10.1 Å². The summed E-state index contributed by atoms with van der Waals surface area (Å²) >= 11 is 3.60. The van der Waals surface area contributed by atoms with Crippen molar-refractivity contribution >= 4 is 15.9 Å². The van der Waals surface area contributed by atoms with Gasteiger partial charge in [0.1, 0.15) is 0 Å². The van der Waals surface area contributed by atoms with Crippen molar-refractivity contribution in [3.8, 4) is 0 Å². The molecule has 90 valence electrons. The van der Waals surface area contributed by atoms with Crippen LogP contribution in [-0.2, 0) is 4.74 Å². The van der Waals surface area contributed by atoms with E-state index in [2.05, 4.69) is 46.4 Å². The molecule has 0 aromatic heterocycles. The molecule has 0 saturated carbocycles. The lowest BCUT2D eigenvalue weighted by molar-refractivity contribution is 0.193. The fourth-order valence-electron chi connectivity index (χ4n) is 1.72. The molecule has 0 aliphatic carbocycles. The summed E-state index contributed by atoms with van der Waals surface area (Å²) < 4.78 is 6.22. The van der Waals surface area contributed by atoms with E-state index < -0.39 is 0 Å². The predicted molar refractivity (Wildman–Crippen MR) is 71.7 cm³/mol. The van der Waals surface area contributed by atoms with E-state index in [1.54, 1.807) is 7.11 Å². The second-order valence-electron chi connectivity index (χ2n) is 3.78. The molecule has 0 heterocycles. The Labute approximate surface area is 107 Å². The molecule has 1 N–H and O–H groups in total. The molecule has 0 radical (unpaired) electrons. The van der Waals surface area contributed by atoms with Crippen molar-refractivity contribution < 1.29 is 4.74 Å². The summed E-state index contributed by atoms with van der Waals surface area (Å²) in [7, 11) is 1.74. The van der Waals surface area contributed by atoms with Crippen LogP contribution in [-0.4, -0.2) is 20.3 Å². The maximum absolute atomic E-state index is 5.04. The summed E-state index contributed by atoms with van der Waals surface area (Å²) in [6, 6.07) is 8.81. The van der Waals surface area contributed by atoms with E-state index in [1.165, 1.54) is 10.0 Å². The molecule has 0 saturated heterocycles. The SMILES string of the molecule is CCC(NCCCOC)c1ccccc1Br. The number of benzene rings is 1. The first-order valence-corrected chi connectivity index (χ1v) is 6.55. The summed E-state index contributed by atoms with van der Waals surface area (Å²) in [5.41, 5.74) is 1.34. The van der Waals surface area contributed by atoms with Gasteiger partial charge in [0.15, 0.2) is 0 Å². The van der Waals surface area contributed by atoms with Gasteiger partial charge in [-0.25, -0.2) is 0 Å². The highest BCUT2D eigenvalue weighted by molar-refractivity contribution is 9.10. The fourth-order valence-corrected chi connectivity index (χ4v) is 2.29. The van der Waals surface area contributed by atoms with Gasteiger partial charge in [0.25, 0.3) is 0 Å². The molecule has 1 atom stereocenters. The van der Waals surface area contributed by atoms with Gasteiger partial charge in [0.05, 0.1) is 0 Å². The smallest absolute Gasteiger partial charge is 0.0474 e. The highest BCUT2D eigenvalue weighted by Crippen LogP contribution is 2.25.